The number of hydrogen-bond donors (Lipinski definition) is 1. The number of carbonyl (C=O) groups is 1. The molecule has 0 aliphatic carbocycles. The van der Waals surface area contributed by atoms with Crippen molar-refractivity contribution in [3.63, 3.8) is 0 Å². The van der Waals surface area contributed by atoms with Gasteiger partial charge >= 0.3 is 0 Å². The number of anilines is 1. The van der Waals surface area contributed by atoms with E-state index in [0.29, 0.717) is 22.3 Å². The van der Waals surface area contributed by atoms with Gasteiger partial charge in [0.2, 0.25) is 5.91 Å². The molecule has 24 heavy (non-hydrogen) atoms. The van der Waals surface area contributed by atoms with Crippen LogP contribution in [-0.4, -0.2) is 22.6 Å². The molecule has 6 nitrogen and oxygen atoms in total. The number of nitrogens with zero attached hydrogens (tertiary/aromatic N) is 2. The van der Waals surface area contributed by atoms with Crippen molar-refractivity contribution in [1.82, 2.24) is 9.55 Å². The molecule has 1 heterocycles. The minimum absolute atomic E-state index is 0.238. The lowest BCUT2D eigenvalue weighted by atomic mass is 10.2. The number of hydrogen-bond acceptors (Lipinski definition) is 4. The molecule has 2 aromatic carbocycles. The van der Waals surface area contributed by atoms with Gasteiger partial charge in [0.15, 0.2) is 0 Å². The third kappa shape index (κ3) is 2.99. The summed E-state index contributed by atoms with van der Waals surface area (Å²) >= 11 is 0. The van der Waals surface area contributed by atoms with Crippen LogP contribution in [-0.2, 0) is 4.79 Å². The summed E-state index contributed by atoms with van der Waals surface area (Å²) in [6.45, 7) is 1.66. The number of carbonyl (C=O) groups excluding carboxylic acids is 1. The van der Waals surface area contributed by atoms with E-state index in [2.05, 4.69) is 10.3 Å². The largest absolute Gasteiger partial charge is 0.497 e. The van der Waals surface area contributed by atoms with E-state index in [1.165, 1.54) is 10.9 Å². The van der Waals surface area contributed by atoms with Gasteiger partial charge in [-0.3, -0.25) is 14.2 Å². The van der Waals surface area contributed by atoms with Crippen LogP contribution in [0.25, 0.3) is 10.9 Å². The number of ether oxygens (including phenoxy) is 1. The minimum Gasteiger partial charge on any atom is -0.497 e. The third-order valence-corrected chi connectivity index (χ3v) is 3.84. The molecular weight excluding hydrogens is 306 g/mol. The first-order chi connectivity index (χ1) is 11.6. The maximum absolute atomic E-state index is 12.5. The molecule has 0 fully saturated rings. The van der Waals surface area contributed by atoms with Gasteiger partial charge in [0.1, 0.15) is 11.8 Å². The molecule has 3 aromatic rings. The third-order valence-electron chi connectivity index (χ3n) is 3.84. The Balaban J connectivity index is 1.85. The first-order valence-electron chi connectivity index (χ1n) is 7.51. The lowest BCUT2D eigenvalue weighted by Gasteiger charge is -2.15. The number of aromatic nitrogens is 2. The zero-order valence-electron chi connectivity index (χ0n) is 13.4. The number of nitrogens with one attached hydrogen (secondary N) is 1. The van der Waals surface area contributed by atoms with Crippen molar-refractivity contribution in [2.75, 3.05) is 12.4 Å². The molecule has 1 atom stereocenters. The van der Waals surface area contributed by atoms with E-state index in [1.54, 1.807) is 56.5 Å². The van der Waals surface area contributed by atoms with Gasteiger partial charge in [-0.15, -0.1) is 0 Å². The molecule has 6 heteroatoms. The van der Waals surface area contributed by atoms with Crippen LogP contribution in [0.1, 0.15) is 13.0 Å². The fourth-order valence-corrected chi connectivity index (χ4v) is 2.41. The predicted octanol–water partition coefficient (Wildman–Crippen LogP) is 2.60. The van der Waals surface area contributed by atoms with E-state index in [0.717, 1.165) is 0 Å². The van der Waals surface area contributed by atoms with Crippen LogP contribution in [0.5, 0.6) is 5.75 Å². The zero-order chi connectivity index (χ0) is 17.1. The Morgan fingerprint density at radius 2 is 1.88 bits per heavy atom. The van der Waals surface area contributed by atoms with Crippen LogP contribution >= 0.6 is 0 Å². The van der Waals surface area contributed by atoms with Gasteiger partial charge in [-0.2, -0.15) is 0 Å². The Hall–Kier alpha value is -3.15. The van der Waals surface area contributed by atoms with E-state index in [4.69, 9.17) is 4.74 Å². The number of methoxy groups -OCH3 is 1. The van der Waals surface area contributed by atoms with Crippen LogP contribution in [0.15, 0.2) is 59.7 Å². The van der Waals surface area contributed by atoms with Gasteiger partial charge in [-0.1, -0.05) is 12.1 Å². The van der Waals surface area contributed by atoms with Gasteiger partial charge in [0, 0.05) is 5.69 Å². The molecule has 122 valence electrons. The summed E-state index contributed by atoms with van der Waals surface area (Å²) in [6, 6.07) is 13.4. The molecule has 0 saturated carbocycles. The first kappa shape index (κ1) is 15.7. The van der Waals surface area contributed by atoms with E-state index in [9.17, 15) is 9.59 Å². The molecule has 0 unspecified atom stereocenters. The second kappa shape index (κ2) is 6.54. The number of benzene rings is 2. The van der Waals surface area contributed by atoms with Gasteiger partial charge < -0.3 is 10.1 Å². The maximum Gasteiger partial charge on any atom is 0.261 e. The summed E-state index contributed by atoms with van der Waals surface area (Å²) < 4.78 is 6.42. The predicted molar refractivity (Wildman–Crippen MR) is 92.3 cm³/mol. The molecule has 0 saturated heterocycles. The average Bonchev–Trinajstić information content (AvgIpc) is 2.62. The van der Waals surface area contributed by atoms with Crippen LogP contribution in [0.2, 0.25) is 0 Å². The lowest BCUT2D eigenvalue weighted by molar-refractivity contribution is -0.118. The number of amides is 1. The normalized spacial score (nSPS) is 11.9. The van der Waals surface area contributed by atoms with Crippen LogP contribution in [0, 0.1) is 0 Å². The quantitative estimate of drug-likeness (QED) is 0.801. The molecule has 0 aliphatic rings. The molecule has 0 spiro atoms. The van der Waals surface area contributed by atoms with Gasteiger partial charge in [-0.05, 0) is 43.3 Å². The molecular formula is C18H17N3O3. The number of para-hydroxylation sites is 1. The van der Waals surface area contributed by atoms with E-state index in [-0.39, 0.29) is 11.5 Å². The maximum atomic E-state index is 12.5. The highest BCUT2D eigenvalue weighted by molar-refractivity contribution is 5.93. The fourth-order valence-electron chi connectivity index (χ4n) is 2.41. The van der Waals surface area contributed by atoms with Crippen LogP contribution in [0.3, 0.4) is 0 Å². The topological polar surface area (TPSA) is 73.2 Å². The molecule has 0 radical (unpaired) electrons. The molecule has 0 bridgehead atoms. The Labute approximate surface area is 138 Å². The lowest BCUT2D eigenvalue weighted by Crippen LogP contribution is -2.31. The molecule has 1 amide bonds. The SMILES string of the molecule is COc1ccc(NC(=O)[C@H](C)n2cnc3ccccc3c2=O)cc1. The van der Waals surface area contributed by atoms with Crippen molar-refractivity contribution >= 4 is 22.5 Å². The number of fused-ring (bicyclic) bond motifs is 1. The highest BCUT2D eigenvalue weighted by Crippen LogP contribution is 2.16. The van der Waals surface area contributed by atoms with E-state index < -0.39 is 6.04 Å². The Kier molecular flexibility index (Phi) is 4.29. The zero-order valence-corrected chi connectivity index (χ0v) is 13.4. The average molecular weight is 323 g/mol. The smallest absolute Gasteiger partial charge is 0.261 e. The summed E-state index contributed by atoms with van der Waals surface area (Å²) in [4.78, 5) is 29.2. The van der Waals surface area contributed by atoms with Crippen molar-refractivity contribution in [1.29, 1.82) is 0 Å². The standard InChI is InChI=1S/C18H17N3O3/c1-12(17(22)20-13-7-9-14(24-2)10-8-13)21-11-19-16-6-4-3-5-15(16)18(21)23/h3-12H,1-2H3,(H,20,22)/t12-/m0/s1. The summed E-state index contributed by atoms with van der Waals surface area (Å²) in [7, 11) is 1.58. The fraction of sp³-hybridized carbons (Fsp3) is 0.167. The molecule has 3 rings (SSSR count). The second-order valence-corrected chi connectivity index (χ2v) is 5.37. The van der Waals surface area contributed by atoms with E-state index in [1.807, 2.05) is 6.07 Å². The Morgan fingerprint density at radius 1 is 1.17 bits per heavy atom. The van der Waals surface area contributed by atoms with Gasteiger partial charge in [0.05, 0.1) is 24.3 Å². The number of rotatable bonds is 4. The summed E-state index contributed by atoms with van der Waals surface area (Å²) in [5, 5.41) is 3.27. The van der Waals surface area contributed by atoms with Gasteiger partial charge in [0.25, 0.3) is 5.56 Å². The Morgan fingerprint density at radius 3 is 2.58 bits per heavy atom. The summed E-state index contributed by atoms with van der Waals surface area (Å²) in [5.41, 5.74) is 1.01. The minimum atomic E-state index is -0.684. The van der Waals surface area contributed by atoms with Crippen LogP contribution in [0.4, 0.5) is 5.69 Å². The second-order valence-electron chi connectivity index (χ2n) is 5.37. The van der Waals surface area contributed by atoms with Crippen molar-refractivity contribution in [2.24, 2.45) is 0 Å². The van der Waals surface area contributed by atoms with Crippen molar-refractivity contribution < 1.29 is 9.53 Å². The van der Waals surface area contributed by atoms with Crippen molar-refractivity contribution in [3.8, 4) is 5.75 Å². The molecule has 0 aliphatic heterocycles. The Bertz CT molecular complexity index is 932. The van der Waals surface area contributed by atoms with Crippen molar-refractivity contribution in [3.05, 3.63) is 65.2 Å². The monoisotopic (exact) mass is 323 g/mol. The first-order valence-corrected chi connectivity index (χ1v) is 7.51. The molecule has 1 N–H and O–H groups in total. The highest BCUT2D eigenvalue weighted by Gasteiger charge is 2.17. The highest BCUT2D eigenvalue weighted by atomic mass is 16.5. The van der Waals surface area contributed by atoms with Crippen LogP contribution < -0.4 is 15.6 Å². The van der Waals surface area contributed by atoms with Crippen molar-refractivity contribution in [2.45, 2.75) is 13.0 Å². The summed E-state index contributed by atoms with van der Waals surface area (Å²) in [6.07, 6.45) is 1.41. The van der Waals surface area contributed by atoms with Gasteiger partial charge in [-0.25, -0.2) is 4.98 Å². The van der Waals surface area contributed by atoms with E-state index >= 15 is 0 Å². The molecule has 1 aromatic heterocycles. The summed E-state index contributed by atoms with van der Waals surface area (Å²) in [5.74, 6) is 0.412.